The van der Waals surface area contributed by atoms with Crippen molar-refractivity contribution >= 4 is 34.5 Å². The Labute approximate surface area is 104 Å². The van der Waals surface area contributed by atoms with Crippen LogP contribution in [0.2, 0.25) is 0 Å². The molecular weight excluding hydrogens is 274 g/mol. The molecule has 2 nitrogen and oxygen atoms in total. The summed E-state index contributed by atoms with van der Waals surface area (Å²) in [6.45, 7) is 4.02. The molecule has 0 saturated heterocycles. The summed E-state index contributed by atoms with van der Waals surface area (Å²) in [5.41, 5.74) is 0.628. The highest BCUT2D eigenvalue weighted by Crippen LogP contribution is 2.20. The molecule has 0 heterocycles. The maximum Gasteiger partial charge on any atom is 0.252 e. The molecule has 1 N–H and O–H groups in total. The second-order valence-corrected chi connectivity index (χ2v) is 4.82. The van der Waals surface area contributed by atoms with Gasteiger partial charge in [0.2, 0.25) is 0 Å². The normalized spacial score (nSPS) is 12.3. The van der Waals surface area contributed by atoms with E-state index in [2.05, 4.69) is 33.9 Å². The predicted octanol–water partition coefficient (Wildman–Crippen LogP) is 3.27. The minimum Gasteiger partial charge on any atom is -0.350 e. The first-order valence-corrected chi connectivity index (χ1v) is 6.08. The third-order valence-corrected chi connectivity index (χ3v) is 3.15. The van der Waals surface area contributed by atoms with Crippen LogP contribution in [0.15, 0.2) is 27.6 Å². The van der Waals surface area contributed by atoms with Gasteiger partial charge in [0.1, 0.15) is 0 Å². The number of thiol groups is 1. The number of amides is 1. The summed E-state index contributed by atoms with van der Waals surface area (Å²) < 4.78 is 0.793. The fraction of sp³-hybridized carbons (Fsp3) is 0.364. The molecule has 1 amide bonds. The summed E-state index contributed by atoms with van der Waals surface area (Å²) in [5, 5.41) is 2.91. The number of hydrogen-bond acceptors (Lipinski definition) is 2. The van der Waals surface area contributed by atoms with Gasteiger partial charge in [-0.15, -0.1) is 12.6 Å². The Bertz CT molecular complexity index is 368. The van der Waals surface area contributed by atoms with E-state index in [-0.39, 0.29) is 11.9 Å². The Hall–Kier alpha value is -0.480. The van der Waals surface area contributed by atoms with Crippen LogP contribution in [0.3, 0.4) is 0 Å². The van der Waals surface area contributed by atoms with E-state index in [1.165, 1.54) is 0 Å². The standard InChI is InChI=1S/C11H14BrNOS/c1-3-7(2)13-11(14)9-6-8(15)4-5-10(9)12/h4-7,15H,3H2,1-2H3,(H,13,14). The largest absolute Gasteiger partial charge is 0.350 e. The Kier molecular flexibility index (Phi) is 4.67. The van der Waals surface area contributed by atoms with Gasteiger partial charge in [-0.25, -0.2) is 0 Å². The van der Waals surface area contributed by atoms with E-state index in [0.29, 0.717) is 5.56 Å². The summed E-state index contributed by atoms with van der Waals surface area (Å²) in [7, 11) is 0. The lowest BCUT2D eigenvalue weighted by molar-refractivity contribution is 0.0938. The quantitative estimate of drug-likeness (QED) is 0.821. The summed E-state index contributed by atoms with van der Waals surface area (Å²) in [4.78, 5) is 12.6. The smallest absolute Gasteiger partial charge is 0.252 e. The molecule has 1 aromatic carbocycles. The molecule has 1 rings (SSSR count). The van der Waals surface area contributed by atoms with Crippen molar-refractivity contribution in [1.29, 1.82) is 0 Å². The van der Waals surface area contributed by atoms with Crippen LogP contribution in [0.1, 0.15) is 30.6 Å². The van der Waals surface area contributed by atoms with Crippen LogP contribution < -0.4 is 5.32 Å². The van der Waals surface area contributed by atoms with Gasteiger partial charge in [0.15, 0.2) is 0 Å². The number of benzene rings is 1. The van der Waals surface area contributed by atoms with Gasteiger partial charge in [-0.05, 0) is 47.5 Å². The van der Waals surface area contributed by atoms with E-state index in [4.69, 9.17) is 0 Å². The fourth-order valence-electron chi connectivity index (χ4n) is 1.09. The van der Waals surface area contributed by atoms with Crippen molar-refractivity contribution in [3.63, 3.8) is 0 Å². The number of carbonyl (C=O) groups is 1. The minimum atomic E-state index is -0.0628. The third-order valence-electron chi connectivity index (χ3n) is 2.18. The first kappa shape index (κ1) is 12.6. The van der Waals surface area contributed by atoms with Crippen molar-refractivity contribution in [3.05, 3.63) is 28.2 Å². The van der Waals surface area contributed by atoms with Crippen LogP contribution in [0.4, 0.5) is 0 Å². The molecule has 0 bridgehead atoms. The molecule has 0 aliphatic rings. The zero-order chi connectivity index (χ0) is 11.4. The van der Waals surface area contributed by atoms with E-state index < -0.39 is 0 Å². The van der Waals surface area contributed by atoms with Crippen LogP contribution in [-0.2, 0) is 0 Å². The van der Waals surface area contributed by atoms with Crippen molar-refractivity contribution in [2.24, 2.45) is 0 Å². The van der Waals surface area contributed by atoms with E-state index in [1.807, 2.05) is 26.0 Å². The van der Waals surface area contributed by atoms with Crippen LogP contribution in [0.5, 0.6) is 0 Å². The van der Waals surface area contributed by atoms with Crippen molar-refractivity contribution in [2.75, 3.05) is 0 Å². The topological polar surface area (TPSA) is 29.1 Å². The lowest BCUT2D eigenvalue weighted by atomic mass is 10.2. The third kappa shape index (κ3) is 3.54. The van der Waals surface area contributed by atoms with E-state index in [1.54, 1.807) is 6.07 Å². The Morgan fingerprint density at radius 3 is 2.87 bits per heavy atom. The molecule has 0 fully saturated rings. The van der Waals surface area contributed by atoms with Crippen LogP contribution >= 0.6 is 28.6 Å². The molecule has 15 heavy (non-hydrogen) atoms. The van der Waals surface area contributed by atoms with Gasteiger partial charge in [0.05, 0.1) is 5.56 Å². The molecule has 1 atom stereocenters. The SMILES string of the molecule is CCC(C)NC(=O)c1cc(S)ccc1Br. The van der Waals surface area contributed by atoms with Gasteiger partial charge in [0.25, 0.3) is 5.91 Å². The van der Waals surface area contributed by atoms with Crippen molar-refractivity contribution in [1.82, 2.24) is 5.32 Å². The first-order valence-electron chi connectivity index (χ1n) is 4.84. The first-order chi connectivity index (χ1) is 7.04. The molecule has 4 heteroatoms. The summed E-state index contributed by atoms with van der Waals surface area (Å²) in [5.74, 6) is -0.0628. The number of rotatable bonds is 3. The second kappa shape index (κ2) is 5.56. The molecule has 0 aliphatic heterocycles. The highest BCUT2D eigenvalue weighted by Gasteiger charge is 2.11. The van der Waals surface area contributed by atoms with E-state index in [0.717, 1.165) is 15.8 Å². The summed E-state index contributed by atoms with van der Waals surface area (Å²) in [6.07, 6.45) is 0.921. The predicted molar refractivity (Wildman–Crippen MR) is 68.6 cm³/mol. The fourth-order valence-corrected chi connectivity index (χ4v) is 1.72. The monoisotopic (exact) mass is 287 g/mol. The summed E-state index contributed by atoms with van der Waals surface area (Å²) in [6, 6.07) is 5.61. The molecule has 0 saturated carbocycles. The molecule has 82 valence electrons. The number of carbonyl (C=O) groups excluding carboxylic acids is 1. The number of nitrogens with one attached hydrogen (secondary N) is 1. The van der Waals surface area contributed by atoms with Gasteiger partial charge in [-0.3, -0.25) is 4.79 Å². The molecular formula is C11H14BrNOS. The van der Waals surface area contributed by atoms with Crippen molar-refractivity contribution < 1.29 is 4.79 Å². The van der Waals surface area contributed by atoms with Gasteiger partial charge < -0.3 is 5.32 Å². The minimum absolute atomic E-state index is 0.0628. The highest BCUT2D eigenvalue weighted by atomic mass is 79.9. The van der Waals surface area contributed by atoms with Crippen LogP contribution in [0.25, 0.3) is 0 Å². The maximum absolute atomic E-state index is 11.8. The highest BCUT2D eigenvalue weighted by molar-refractivity contribution is 9.10. The Morgan fingerprint density at radius 1 is 1.60 bits per heavy atom. The Morgan fingerprint density at radius 2 is 2.27 bits per heavy atom. The van der Waals surface area contributed by atoms with Crippen molar-refractivity contribution in [2.45, 2.75) is 31.2 Å². The Balaban J connectivity index is 2.86. The van der Waals surface area contributed by atoms with E-state index >= 15 is 0 Å². The lowest BCUT2D eigenvalue weighted by Crippen LogP contribution is -2.32. The zero-order valence-corrected chi connectivity index (χ0v) is 11.2. The molecule has 1 unspecified atom stereocenters. The van der Waals surface area contributed by atoms with Crippen LogP contribution in [0, 0.1) is 0 Å². The zero-order valence-electron chi connectivity index (χ0n) is 8.75. The van der Waals surface area contributed by atoms with Gasteiger partial charge >= 0.3 is 0 Å². The average molecular weight is 288 g/mol. The molecule has 0 radical (unpaired) electrons. The van der Waals surface area contributed by atoms with Gasteiger partial charge in [-0.2, -0.15) is 0 Å². The number of hydrogen-bond donors (Lipinski definition) is 2. The van der Waals surface area contributed by atoms with Crippen molar-refractivity contribution in [3.8, 4) is 0 Å². The average Bonchev–Trinajstić information content (AvgIpc) is 2.21. The van der Waals surface area contributed by atoms with E-state index in [9.17, 15) is 4.79 Å². The number of halogens is 1. The molecule has 1 aromatic rings. The van der Waals surface area contributed by atoms with Gasteiger partial charge in [0, 0.05) is 15.4 Å². The summed E-state index contributed by atoms with van der Waals surface area (Å²) >= 11 is 7.56. The van der Waals surface area contributed by atoms with Crippen LogP contribution in [-0.4, -0.2) is 11.9 Å². The molecule has 0 spiro atoms. The van der Waals surface area contributed by atoms with Gasteiger partial charge in [-0.1, -0.05) is 6.92 Å². The molecule has 0 aliphatic carbocycles. The maximum atomic E-state index is 11.8. The molecule has 0 aromatic heterocycles. The lowest BCUT2D eigenvalue weighted by Gasteiger charge is -2.12. The second-order valence-electron chi connectivity index (χ2n) is 3.45.